The van der Waals surface area contributed by atoms with Gasteiger partial charge in [0.05, 0.1) is 6.61 Å². The Labute approximate surface area is 78.2 Å². The van der Waals surface area contributed by atoms with E-state index >= 15 is 0 Å². The van der Waals surface area contributed by atoms with Crippen molar-refractivity contribution in [3.63, 3.8) is 0 Å². The minimum Gasteiger partial charge on any atom is -0.449 e. The van der Waals surface area contributed by atoms with E-state index in [1.807, 2.05) is 0 Å². The molecule has 0 bridgehead atoms. The Morgan fingerprint density at radius 1 is 1.50 bits per heavy atom. The number of carbonyl (C=O) groups excluding carboxylic acids is 1. The summed E-state index contributed by atoms with van der Waals surface area (Å²) in [7, 11) is 0. The average molecular weight is 195 g/mol. The predicted octanol–water partition coefficient (Wildman–Crippen LogP) is 0.503. The predicted molar refractivity (Wildman–Crippen MR) is 48.4 cm³/mol. The van der Waals surface area contributed by atoms with Gasteiger partial charge in [-0.15, -0.1) is 12.4 Å². The van der Waals surface area contributed by atoms with E-state index in [-0.39, 0.29) is 12.4 Å². The maximum absolute atomic E-state index is 10.2. The quantitative estimate of drug-likeness (QED) is 0.673. The molecule has 1 amide bonds. The van der Waals surface area contributed by atoms with Crippen molar-refractivity contribution in [2.45, 2.75) is 12.8 Å². The first-order valence-electron chi connectivity index (χ1n) is 3.92. The zero-order valence-electron chi connectivity index (χ0n) is 6.91. The molecule has 0 spiro atoms. The third-order valence-corrected chi connectivity index (χ3v) is 1.92. The van der Waals surface area contributed by atoms with Gasteiger partial charge in [-0.25, -0.2) is 4.79 Å². The number of hydrogen-bond donors (Lipinski definition) is 2. The number of primary amides is 1. The molecule has 0 aromatic rings. The van der Waals surface area contributed by atoms with Gasteiger partial charge in [0.15, 0.2) is 0 Å². The third kappa shape index (κ3) is 4.41. The molecule has 12 heavy (non-hydrogen) atoms. The van der Waals surface area contributed by atoms with Gasteiger partial charge in [-0.05, 0) is 31.8 Å². The van der Waals surface area contributed by atoms with Crippen molar-refractivity contribution in [2.75, 3.05) is 19.7 Å². The number of nitrogens with two attached hydrogens (primary N) is 1. The highest BCUT2D eigenvalue weighted by molar-refractivity contribution is 5.85. The molecule has 1 saturated heterocycles. The maximum atomic E-state index is 10.2. The lowest BCUT2D eigenvalue weighted by Crippen LogP contribution is -2.31. The smallest absolute Gasteiger partial charge is 0.404 e. The number of rotatable bonds is 2. The summed E-state index contributed by atoms with van der Waals surface area (Å²) in [4.78, 5) is 10.2. The van der Waals surface area contributed by atoms with E-state index in [0.29, 0.717) is 12.5 Å². The molecule has 0 aromatic heterocycles. The first-order valence-corrected chi connectivity index (χ1v) is 3.92. The van der Waals surface area contributed by atoms with Crippen molar-refractivity contribution in [1.82, 2.24) is 5.32 Å². The second-order valence-electron chi connectivity index (χ2n) is 2.82. The van der Waals surface area contributed by atoms with Crippen molar-refractivity contribution >= 4 is 18.5 Å². The van der Waals surface area contributed by atoms with Gasteiger partial charge >= 0.3 is 6.09 Å². The fraction of sp³-hybridized carbons (Fsp3) is 0.857. The Morgan fingerprint density at radius 3 is 2.58 bits per heavy atom. The van der Waals surface area contributed by atoms with Crippen LogP contribution >= 0.6 is 12.4 Å². The highest BCUT2D eigenvalue weighted by Crippen LogP contribution is 2.11. The Balaban J connectivity index is 0.00000121. The number of halogens is 1. The topological polar surface area (TPSA) is 64.4 Å². The van der Waals surface area contributed by atoms with E-state index in [2.05, 4.69) is 5.32 Å². The molecular formula is C7H15ClN2O2. The molecule has 1 aliphatic rings. The molecule has 5 heteroatoms. The lowest BCUT2D eigenvalue weighted by molar-refractivity contribution is 0.126. The van der Waals surface area contributed by atoms with Gasteiger partial charge in [0.2, 0.25) is 0 Å². The molecule has 1 rings (SSSR count). The molecule has 3 N–H and O–H groups in total. The lowest BCUT2D eigenvalue weighted by atomic mass is 9.99. The van der Waals surface area contributed by atoms with Crippen LogP contribution in [0.15, 0.2) is 0 Å². The minimum absolute atomic E-state index is 0. The standard InChI is InChI=1S/C7H14N2O2.ClH/c8-7(10)11-5-6-1-3-9-4-2-6;/h6,9H,1-5H2,(H2,8,10);1H. The Bertz CT molecular complexity index is 137. The van der Waals surface area contributed by atoms with Crippen molar-refractivity contribution in [1.29, 1.82) is 0 Å². The van der Waals surface area contributed by atoms with Crippen LogP contribution in [0.2, 0.25) is 0 Å². The van der Waals surface area contributed by atoms with E-state index in [0.717, 1.165) is 25.9 Å². The summed E-state index contributed by atoms with van der Waals surface area (Å²) in [5.41, 5.74) is 4.83. The van der Waals surface area contributed by atoms with Crippen LogP contribution in [0.5, 0.6) is 0 Å². The summed E-state index contributed by atoms with van der Waals surface area (Å²) in [6, 6.07) is 0. The summed E-state index contributed by atoms with van der Waals surface area (Å²) >= 11 is 0. The Morgan fingerprint density at radius 2 is 2.08 bits per heavy atom. The summed E-state index contributed by atoms with van der Waals surface area (Å²) in [6.45, 7) is 2.52. The highest BCUT2D eigenvalue weighted by atomic mass is 35.5. The van der Waals surface area contributed by atoms with Gasteiger partial charge in [0, 0.05) is 0 Å². The molecule has 0 atom stereocenters. The van der Waals surface area contributed by atoms with Crippen LogP contribution in [0.1, 0.15) is 12.8 Å². The molecule has 1 fully saturated rings. The van der Waals surface area contributed by atoms with Crippen LogP contribution < -0.4 is 11.1 Å². The number of piperidine rings is 1. The number of ether oxygens (including phenoxy) is 1. The van der Waals surface area contributed by atoms with Crippen LogP contribution in [0.25, 0.3) is 0 Å². The number of nitrogens with one attached hydrogen (secondary N) is 1. The summed E-state index contributed by atoms with van der Waals surface area (Å²) in [5.74, 6) is 0.503. The van der Waals surface area contributed by atoms with Crippen LogP contribution in [0, 0.1) is 5.92 Å². The van der Waals surface area contributed by atoms with E-state index in [1.165, 1.54) is 0 Å². The molecule has 0 aliphatic carbocycles. The van der Waals surface area contributed by atoms with Crippen molar-refractivity contribution in [3.8, 4) is 0 Å². The Kier molecular flexibility index (Phi) is 5.84. The van der Waals surface area contributed by atoms with E-state index in [9.17, 15) is 4.79 Å². The van der Waals surface area contributed by atoms with Crippen LogP contribution in [0.3, 0.4) is 0 Å². The van der Waals surface area contributed by atoms with Gasteiger partial charge in [-0.1, -0.05) is 0 Å². The summed E-state index contributed by atoms with van der Waals surface area (Å²) in [6.07, 6.45) is 1.49. The summed E-state index contributed by atoms with van der Waals surface area (Å²) in [5, 5.41) is 3.23. The average Bonchev–Trinajstić information content (AvgIpc) is 2.03. The second kappa shape index (κ2) is 6.08. The third-order valence-electron chi connectivity index (χ3n) is 1.92. The molecule has 4 nitrogen and oxygen atoms in total. The van der Waals surface area contributed by atoms with Crippen LogP contribution in [0.4, 0.5) is 4.79 Å². The van der Waals surface area contributed by atoms with E-state index in [4.69, 9.17) is 10.5 Å². The van der Waals surface area contributed by atoms with Crippen molar-refractivity contribution in [3.05, 3.63) is 0 Å². The largest absolute Gasteiger partial charge is 0.449 e. The first-order chi connectivity index (χ1) is 5.29. The molecule has 0 radical (unpaired) electrons. The normalized spacial score (nSPS) is 18.0. The number of carbonyl (C=O) groups is 1. The van der Waals surface area contributed by atoms with Crippen LogP contribution in [-0.2, 0) is 4.74 Å². The zero-order chi connectivity index (χ0) is 8.10. The maximum Gasteiger partial charge on any atom is 0.404 e. The van der Waals surface area contributed by atoms with Gasteiger partial charge in [-0.2, -0.15) is 0 Å². The van der Waals surface area contributed by atoms with Gasteiger partial charge < -0.3 is 15.8 Å². The molecule has 72 valence electrons. The monoisotopic (exact) mass is 194 g/mol. The summed E-state index contributed by atoms with van der Waals surface area (Å²) < 4.78 is 4.69. The first kappa shape index (κ1) is 11.5. The molecule has 0 aromatic carbocycles. The molecule has 1 aliphatic heterocycles. The minimum atomic E-state index is -0.663. The van der Waals surface area contributed by atoms with Gasteiger partial charge in [0.25, 0.3) is 0 Å². The van der Waals surface area contributed by atoms with E-state index < -0.39 is 6.09 Å². The molecular weight excluding hydrogens is 180 g/mol. The van der Waals surface area contributed by atoms with Crippen LogP contribution in [-0.4, -0.2) is 25.8 Å². The lowest BCUT2D eigenvalue weighted by Gasteiger charge is -2.21. The Hall–Kier alpha value is -0.480. The number of amides is 1. The molecule has 1 heterocycles. The second-order valence-corrected chi connectivity index (χ2v) is 2.82. The van der Waals surface area contributed by atoms with Gasteiger partial charge in [-0.3, -0.25) is 0 Å². The molecule has 0 unspecified atom stereocenters. The van der Waals surface area contributed by atoms with E-state index in [1.54, 1.807) is 0 Å². The highest BCUT2D eigenvalue weighted by Gasteiger charge is 2.13. The van der Waals surface area contributed by atoms with Crippen molar-refractivity contribution in [2.24, 2.45) is 11.7 Å². The fourth-order valence-corrected chi connectivity index (χ4v) is 1.25. The van der Waals surface area contributed by atoms with Gasteiger partial charge in [0.1, 0.15) is 0 Å². The van der Waals surface area contributed by atoms with Crippen molar-refractivity contribution < 1.29 is 9.53 Å². The fourth-order valence-electron chi connectivity index (χ4n) is 1.25. The SMILES string of the molecule is Cl.NC(=O)OCC1CCNCC1. The zero-order valence-corrected chi connectivity index (χ0v) is 7.73. The molecule has 0 saturated carbocycles. The number of hydrogen-bond acceptors (Lipinski definition) is 3.